The monoisotopic (exact) mass is 489 g/mol. The van der Waals surface area contributed by atoms with Crippen molar-refractivity contribution in [1.29, 1.82) is 0 Å². The van der Waals surface area contributed by atoms with Gasteiger partial charge in [-0.3, -0.25) is 4.79 Å². The predicted octanol–water partition coefficient (Wildman–Crippen LogP) is 4.99. The Labute approximate surface area is 211 Å². The second kappa shape index (κ2) is 11.0. The third-order valence-corrected chi connectivity index (χ3v) is 6.11. The van der Waals surface area contributed by atoms with Gasteiger partial charge in [-0.05, 0) is 48.9 Å². The molecule has 0 aromatic heterocycles. The fourth-order valence-electron chi connectivity index (χ4n) is 4.12. The van der Waals surface area contributed by atoms with Crippen LogP contribution in [0.15, 0.2) is 60.7 Å². The van der Waals surface area contributed by atoms with Gasteiger partial charge < -0.3 is 29.3 Å². The molecule has 3 amide bonds. The van der Waals surface area contributed by atoms with E-state index in [9.17, 15) is 9.59 Å². The summed E-state index contributed by atoms with van der Waals surface area (Å²) in [5.74, 6) is 1.85. The topological polar surface area (TPSA) is 80.3 Å². The number of carbonyl (C=O) groups is 2. The molecule has 0 saturated heterocycles. The third kappa shape index (κ3) is 5.71. The molecule has 0 atom stereocenters. The molecule has 4 rings (SSSR count). The first-order valence-corrected chi connectivity index (χ1v) is 11.7. The summed E-state index contributed by atoms with van der Waals surface area (Å²) in [5.41, 5.74) is 4.33. The molecule has 1 aliphatic heterocycles. The first-order valence-electron chi connectivity index (χ1n) is 11.7. The van der Waals surface area contributed by atoms with Crippen molar-refractivity contribution < 1.29 is 23.8 Å². The Balaban J connectivity index is 1.53. The minimum Gasteiger partial charge on any atom is -0.497 e. The van der Waals surface area contributed by atoms with Crippen LogP contribution in [0.4, 0.5) is 16.2 Å². The highest BCUT2D eigenvalue weighted by Gasteiger charge is 2.22. The van der Waals surface area contributed by atoms with Crippen LogP contribution in [-0.2, 0) is 17.9 Å². The maximum absolute atomic E-state index is 13.2. The first kappa shape index (κ1) is 24.9. The van der Waals surface area contributed by atoms with E-state index in [0.29, 0.717) is 43.4 Å². The lowest BCUT2D eigenvalue weighted by atomic mass is 10.1. The number of hydrogen-bond donors (Lipinski definition) is 1. The van der Waals surface area contributed by atoms with Gasteiger partial charge in [-0.1, -0.05) is 23.8 Å². The van der Waals surface area contributed by atoms with Gasteiger partial charge in [-0.25, -0.2) is 4.79 Å². The molecule has 0 spiro atoms. The van der Waals surface area contributed by atoms with Crippen LogP contribution in [-0.4, -0.2) is 44.2 Å². The Hall–Kier alpha value is -4.20. The molecule has 1 N–H and O–H groups in total. The van der Waals surface area contributed by atoms with Crippen molar-refractivity contribution in [2.24, 2.45) is 0 Å². The summed E-state index contributed by atoms with van der Waals surface area (Å²) in [5, 5.41) is 2.93. The van der Waals surface area contributed by atoms with Crippen LogP contribution in [0.3, 0.4) is 0 Å². The standard InChI is InChI=1S/C28H31N3O5/c1-19-5-8-23(9-6-19)31(20(2)32)17-21-7-11-26-22(15-21)18-30(13-14-36-26)28(33)29-25-16-24(34-3)10-12-27(25)35-4/h5-12,15-16H,13-14,17-18H2,1-4H3,(H,29,33). The van der Waals surface area contributed by atoms with E-state index < -0.39 is 0 Å². The summed E-state index contributed by atoms with van der Waals surface area (Å²) in [6.45, 7) is 5.15. The highest BCUT2D eigenvalue weighted by molar-refractivity contribution is 5.92. The summed E-state index contributed by atoms with van der Waals surface area (Å²) < 4.78 is 16.6. The first-order chi connectivity index (χ1) is 17.4. The van der Waals surface area contributed by atoms with Crippen LogP contribution in [0.5, 0.6) is 17.2 Å². The molecule has 8 heteroatoms. The number of methoxy groups -OCH3 is 2. The van der Waals surface area contributed by atoms with Gasteiger partial charge in [0.2, 0.25) is 5.91 Å². The van der Waals surface area contributed by atoms with Gasteiger partial charge in [-0.15, -0.1) is 0 Å². The zero-order valence-corrected chi connectivity index (χ0v) is 21.0. The Morgan fingerprint density at radius 2 is 1.81 bits per heavy atom. The largest absolute Gasteiger partial charge is 0.497 e. The molecular formula is C28H31N3O5. The van der Waals surface area contributed by atoms with Crippen molar-refractivity contribution in [3.8, 4) is 17.2 Å². The number of urea groups is 1. The van der Waals surface area contributed by atoms with E-state index in [1.165, 1.54) is 0 Å². The molecule has 8 nitrogen and oxygen atoms in total. The van der Waals surface area contributed by atoms with Gasteiger partial charge in [0.05, 0.1) is 39.5 Å². The van der Waals surface area contributed by atoms with E-state index in [2.05, 4.69) is 5.32 Å². The van der Waals surface area contributed by atoms with Crippen molar-refractivity contribution >= 4 is 23.3 Å². The molecule has 1 aliphatic rings. The highest BCUT2D eigenvalue weighted by atomic mass is 16.5. The number of rotatable bonds is 6. The SMILES string of the molecule is COc1ccc(OC)c(NC(=O)N2CCOc3ccc(CN(C(C)=O)c4ccc(C)cc4)cc3C2)c1. The van der Waals surface area contributed by atoms with Crippen LogP contribution >= 0.6 is 0 Å². The maximum atomic E-state index is 13.2. The number of benzene rings is 3. The number of nitrogens with one attached hydrogen (secondary N) is 1. The molecule has 0 fully saturated rings. The number of aryl methyl sites for hydroxylation is 1. The Morgan fingerprint density at radius 3 is 2.50 bits per heavy atom. The molecule has 0 bridgehead atoms. The van der Waals surface area contributed by atoms with Crippen molar-refractivity contribution in [1.82, 2.24) is 4.90 Å². The van der Waals surface area contributed by atoms with Crippen LogP contribution in [0.2, 0.25) is 0 Å². The molecule has 0 radical (unpaired) electrons. The molecular weight excluding hydrogens is 458 g/mol. The van der Waals surface area contributed by atoms with E-state index in [0.717, 1.165) is 28.1 Å². The number of hydrogen-bond acceptors (Lipinski definition) is 5. The van der Waals surface area contributed by atoms with Crippen LogP contribution in [0.25, 0.3) is 0 Å². The number of fused-ring (bicyclic) bond motifs is 1. The summed E-state index contributed by atoms with van der Waals surface area (Å²) in [6, 6.07) is 18.7. The van der Waals surface area contributed by atoms with E-state index in [4.69, 9.17) is 14.2 Å². The fraction of sp³-hybridized carbons (Fsp3) is 0.286. The summed E-state index contributed by atoms with van der Waals surface area (Å²) in [7, 11) is 3.12. The fourth-order valence-corrected chi connectivity index (χ4v) is 4.12. The van der Waals surface area contributed by atoms with Crippen LogP contribution < -0.4 is 24.4 Å². The van der Waals surface area contributed by atoms with Crippen molar-refractivity contribution in [2.45, 2.75) is 26.9 Å². The van der Waals surface area contributed by atoms with Gasteiger partial charge in [0.1, 0.15) is 23.9 Å². The van der Waals surface area contributed by atoms with Crippen molar-refractivity contribution in [3.63, 3.8) is 0 Å². The Morgan fingerprint density at radius 1 is 1.03 bits per heavy atom. The van der Waals surface area contributed by atoms with Gasteiger partial charge >= 0.3 is 6.03 Å². The smallest absolute Gasteiger partial charge is 0.322 e. The highest BCUT2D eigenvalue weighted by Crippen LogP contribution is 2.30. The summed E-state index contributed by atoms with van der Waals surface area (Å²) in [6.07, 6.45) is 0. The number of carbonyl (C=O) groups excluding carboxylic acids is 2. The van der Waals surface area contributed by atoms with Crippen LogP contribution in [0.1, 0.15) is 23.6 Å². The lowest BCUT2D eigenvalue weighted by molar-refractivity contribution is -0.116. The van der Waals surface area contributed by atoms with Crippen molar-refractivity contribution in [2.75, 3.05) is 37.6 Å². The predicted molar refractivity (Wildman–Crippen MR) is 139 cm³/mol. The second-order valence-electron chi connectivity index (χ2n) is 8.65. The Kier molecular flexibility index (Phi) is 7.63. The second-order valence-corrected chi connectivity index (χ2v) is 8.65. The van der Waals surface area contributed by atoms with Gasteiger partial charge in [0, 0.05) is 24.2 Å². The van der Waals surface area contributed by atoms with Gasteiger partial charge in [-0.2, -0.15) is 0 Å². The lowest BCUT2D eigenvalue weighted by Gasteiger charge is -2.23. The summed E-state index contributed by atoms with van der Waals surface area (Å²) >= 11 is 0. The number of anilines is 2. The molecule has 36 heavy (non-hydrogen) atoms. The minimum atomic E-state index is -0.270. The molecule has 1 heterocycles. The number of amides is 3. The Bertz CT molecular complexity index is 1240. The van der Waals surface area contributed by atoms with E-state index in [1.807, 2.05) is 49.4 Å². The molecule has 0 unspecified atom stereocenters. The minimum absolute atomic E-state index is 0.0433. The lowest BCUT2D eigenvalue weighted by Crippen LogP contribution is -2.36. The zero-order valence-electron chi connectivity index (χ0n) is 21.0. The average Bonchev–Trinajstić information content (AvgIpc) is 3.10. The van der Waals surface area contributed by atoms with Gasteiger partial charge in [0.15, 0.2) is 0 Å². The summed E-state index contributed by atoms with van der Waals surface area (Å²) in [4.78, 5) is 29.0. The number of nitrogens with zero attached hydrogens (tertiary/aromatic N) is 2. The van der Waals surface area contributed by atoms with E-state index in [-0.39, 0.29) is 11.9 Å². The molecule has 0 aliphatic carbocycles. The molecule has 188 valence electrons. The van der Waals surface area contributed by atoms with E-state index >= 15 is 0 Å². The van der Waals surface area contributed by atoms with E-state index in [1.54, 1.807) is 49.1 Å². The van der Waals surface area contributed by atoms with Gasteiger partial charge in [0.25, 0.3) is 0 Å². The molecule has 0 saturated carbocycles. The quantitative estimate of drug-likeness (QED) is 0.528. The molecule has 3 aromatic carbocycles. The average molecular weight is 490 g/mol. The third-order valence-electron chi connectivity index (χ3n) is 6.11. The maximum Gasteiger partial charge on any atom is 0.322 e. The zero-order chi connectivity index (χ0) is 25.7. The number of ether oxygens (including phenoxy) is 3. The molecule has 3 aromatic rings. The van der Waals surface area contributed by atoms with Crippen LogP contribution in [0, 0.1) is 6.92 Å². The normalized spacial score (nSPS) is 12.6. The van der Waals surface area contributed by atoms with Crippen molar-refractivity contribution in [3.05, 3.63) is 77.4 Å².